The molecular weight excluding hydrogens is 456 g/mol. The van der Waals surface area contributed by atoms with Gasteiger partial charge in [-0.1, -0.05) is 24.3 Å². The minimum Gasteiger partial charge on any atom is -0.491 e. The lowest BCUT2D eigenvalue weighted by Crippen LogP contribution is -2.26. The summed E-state index contributed by atoms with van der Waals surface area (Å²) in [5.74, 6) is 2.23. The summed E-state index contributed by atoms with van der Waals surface area (Å²) in [5, 5.41) is 13.0. The van der Waals surface area contributed by atoms with Crippen LogP contribution in [0.1, 0.15) is 42.4 Å². The van der Waals surface area contributed by atoms with E-state index in [2.05, 4.69) is 54.8 Å². The van der Waals surface area contributed by atoms with Gasteiger partial charge in [0.15, 0.2) is 0 Å². The zero-order valence-corrected chi connectivity index (χ0v) is 21.1. The highest BCUT2D eigenvalue weighted by molar-refractivity contribution is 7.17. The van der Waals surface area contributed by atoms with E-state index in [1.54, 1.807) is 11.3 Å². The smallest absolute Gasteiger partial charge is 0.119 e. The van der Waals surface area contributed by atoms with Crippen molar-refractivity contribution in [3.8, 4) is 22.6 Å². The van der Waals surface area contributed by atoms with E-state index in [9.17, 15) is 5.11 Å². The van der Waals surface area contributed by atoms with E-state index < -0.39 is 0 Å². The largest absolute Gasteiger partial charge is 0.491 e. The molecule has 0 atom stereocenters. The molecule has 0 saturated heterocycles. The number of aliphatic hydroxyl groups excluding tert-OH is 1. The average molecular weight is 489 g/mol. The number of hydrogen-bond donors (Lipinski definition) is 1. The fourth-order valence-electron chi connectivity index (χ4n) is 4.63. The first kappa shape index (κ1) is 23.9. The fraction of sp³-hybridized carbons (Fsp3) is 0.333. The Kier molecular flexibility index (Phi) is 7.37. The quantitative estimate of drug-likeness (QED) is 0.242. The first-order valence-corrected chi connectivity index (χ1v) is 13.2. The van der Waals surface area contributed by atoms with E-state index >= 15 is 0 Å². The highest BCUT2D eigenvalue weighted by atomic mass is 32.1. The first-order chi connectivity index (χ1) is 17.1. The third-order valence-electron chi connectivity index (χ3n) is 6.70. The Morgan fingerprint density at radius 1 is 0.886 bits per heavy atom. The van der Waals surface area contributed by atoms with Crippen LogP contribution in [0.4, 0.5) is 0 Å². The number of rotatable bonds is 10. The van der Waals surface area contributed by atoms with Crippen LogP contribution >= 0.6 is 11.3 Å². The van der Waals surface area contributed by atoms with Gasteiger partial charge in [0, 0.05) is 22.3 Å². The summed E-state index contributed by atoms with van der Waals surface area (Å²) in [5.41, 5.74) is 6.10. The van der Waals surface area contributed by atoms with Crippen molar-refractivity contribution < 1.29 is 19.3 Å². The summed E-state index contributed by atoms with van der Waals surface area (Å²) in [6.07, 6.45) is 1.60. The SMILES string of the molecule is CCOCCOc1ccc(-c2csc3ccc(COc4ccc(C5CC(O)C5)cc4)cc23)c(C)c1. The van der Waals surface area contributed by atoms with Gasteiger partial charge < -0.3 is 19.3 Å². The van der Waals surface area contributed by atoms with E-state index in [4.69, 9.17) is 14.2 Å². The van der Waals surface area contributed by atoms with Crippen molar-refractivity contribution in [1.29, 1.82) is 0 Å². The molecule has 0 spiro atoms. The summed E-state index contributed by atoms with van der Waals surface area (Å²) in [6, 6.07) is 21.2. The first-order valence-electron chi connectivity index (χ1n) is 12.3. The average Bonchev–Trinajstić information content (AvgIpc) is 3.27. The topological polar surface area (TPSA) is 47.9 Å². The Hall–Kier alpha value is -2.86. The highest BCUT2D eigenvalue weighted by Gasteiger charge is 2.28. The van der Waals surface area contributed by atoms with Crippen LogP contribution in [0, 0.1) is 6.92 Å². The van der Waals surface area contributed by atoms with E-state index in [1.807, 2.05) is 25.1 Å². The lowest BCUT2D eigenvalue weighted by molar-refractivity contribution is 0.0746. The van der Waals surface area contributed by atoms with Gasteiger partial charge in [0.25, 0.3) is 0 Å². The number of aryl methyl sites for hydroxylation is 1. The van der Waals surface area contributed by atoms with Crippen LogP contribution in [0.3, 0.4) is 0 Å². The van der Waals surface area contributed by atoms with Crippen molar-refractivity contribution >= 4 is 21.4 Å². The van der Waals surface area contributed by atoms with Gasteiger partial charge in [-0.25, -0.2) is 0 Å². The molecule has 3 aromatic carbocycles. The molecule has 5 heteroatoms. The van der Waals surface area contributed by atoms with Gasteiger partial charge in [-0.15, -0.1) is 11.3 Å². The fourth-order valence-corrected chi connectivity index (χ4v) is 5.57. The van der Waals surface area contributed by atoms with Gasteiger partial charge in [0.1, 0.15) is 24.7 Å². The molecule has 1 aliphatic carbocycles. The van der Waals surface area contributed by atoms with Crippen LogP contribution in [0.2, 0.25) is 0 Å². The third kappa shape index (κ3) is 5.53. The minimum atomic E-state index is -0.131. The van der Waals surface area contributed by atoms with Crippen molar-refractivity contribution in [3.63, 3.8) is 0 Å². The summed E-state index contributed by atoms with van der Waals surface area (Å²) in [7, 11) is 0. The van der Waals surface area contributed by atoms with Crippen LogP contribution in [0.15, 0.2) is 66.0 Å². The molecule has 0 aliphatic heterocycles. The molecule has 0 amide bonds. The van der Waals surface area contributed by atoms with Crippen molar-refractivity contribution in [1.82, 2.24) is 0 Å². The molecule has 1 fully saturated rings. The Morgan fingerprint density at radius 2 is 1.69 bits per heavy atom. The van der Waals surface area contributed by atoms with Gasteiger partial charge in [-0.2, -0.15) is 0 Å². The van der Waals surface area contributed by atoms with Gasteiger partial charge in [-0.3, -0.25) is 0 Å². The van der Waals surface area contributed by atoms with E-state index in [0.717, 1.165) is 29.9 Å². The second kappa shape index (κ2) is 10.8. The maximum absolute atomic E-state index is 9.54. The number of ether oxygens (including phenoxy) is 3. The van der Waals surface area contributed by atoms with Crippen LogP contribution in [-0.4, -0.2) is 31.0 Å². The monoisotopic (exact) mass is 488 g/mol. The van der Waals surface area contributed by atoms with Crippen molar-refractivity contribution in [2.45, 2.75) is 45.3 Å². The summed E-state index contributed by atoms with van der Waals surface area (Å²) in [6.45, 7) is 6.52. The van der Waals surface area contributed by atoms with Crippen molar-refractivity contribution in [2.24, 2.45) is 0 Å². The molecule has 182 valence electrons. The van der Waals surface area contributed by atoms with E-state index in [-0.39, 0.29) is 6.10 Å². The van der Waals surface area contributed by atoms with E-state index in [0.29, 0.717) is 32.3 Å². The van der Waals surface area contributed by atoms with Crippen LogP contribution < -0.4 is 9.47 Å². The second-order valence-electron chi connectivity index (χ2n) is 9.18. The Labute approximate surface area is 211 Å². The minimum absolute atomic E-state index is 0.131. The standard InChI is InChI=1S/C30H32O4S/c1-3-32-12-13-33-26-9-10-27(20(2)14-26)29-19-35-30-11-4-21(15-28(29)30)18-34-25-7-5-22(6-8-25)23-16-24(31)17-23/h4-11,14-15,19,23-24,31H,3,12-13,16-18H2,1-2H3. The lowest BCUT2D eigenvalue weighted by Gasteiger charge is -2.31. The summed E-state index contributed by atoms with van der Waals surface area (Å²) >= 11 is 1.77. The summed E-state index contributed by atoms with van der Waals surface area (Å²) in [4.78, 5) is 0. The Balaban J connectivity index is 1.27. The molecule has 1 saturated carbocycles. The van der Waals surface area contributed by atoms with Crippen molar-refractivity contribution in [2.75, 3.05) is 19.8 Å². The number of thiophene rings is 1. The Bertz CT molecular complexity index is 1270. The second-order valence-corrected chi connectivity index (χ2v) is 10.1. The Morgan fingerprint density at radius 3 is 2.43 bits per heavy atom. The summed E-state index contributed by atoms with van der Waals surface area (Å²) < 4.78 is 18.5. The number of fused-ring (bicyclic) bond motifs is 1. The molecule has 0 radical (unpaired) electrons. The molecule has 1 N–H and O–H groups in total. The normalized spacial score (nSPS) is 17.3. The third-order valence-corrected chi connectivity index (χ3v) is 7.66. The van der Waals surface area contributed by atoms with Gasteiger partial charge in [0.05, 0.1) is 12.7 Å². The maximum Gasteiger partial charge on any atom is 0.119 e. The van der Waals surface area contributed by atoms with E-state index in [1.165, 1.54) is 32.3 Å². The number of benzene rings is 3. The molecule has 5 rings (SSSR count). The molecule has 4 nitrogen and oxygen atoms in total. The molecule has 1 aliphatic rings. The highest BCUT2D eigenvalue weighted by Crippen LogP contribution is 2.38. The zero-order chi connectivity index (χ0) is 24.2. The van der Waals surface area contributed by atoms with Crippen molar-refractivity contribution in [3.05, 3.63) is 82.7 Å². The molecule has 0 bridgehead atoms. The van der Waals surface area contributed by atoms with Crippen LogP contribution in [-0.2, 0) is 11.3 Å². The van der Waals surface area contributed by atoms with Gasteiger partial charge >= 0.3 is 0 Å². The predicted octanol–water partition coefficient (Wildman–Crippen LogP) is 7.11. The van der Waals surface area contributed by atoms with Crippen LogP contribution in [0.5, 0.6) is 11.5 Å². The molecule has 1 aromatic heterocycles. The van der Waals surface area contributed by atoms with Crippen LogP contribution in [0.25, 0.3) is 21.2 Å². The zero-order valence-electron chi connectivity index (χ0n) is 20.3. The molecule has 4 aromatic rings. The van der Waals surface area contributed by atoms with Gasteiger partial charge in [-0.05, 0) is 96.6 Å². The molecule has 1 heterocycles. The van der Waals surface area contributed by atoms with Gasteiger partial charge in [0.2, 0.25) is 0 Å². The number of hydrogen-bond acceptors (Lipinski definition) is 5. The predicted molar refractivity (Wildman–Crippen MR) is 143 cm³/mol. The molecule has 0 unspecified atom stereocenters. The maximum atomic E-state index is 9.54. The molecule has 35 heavy (non-hydrogen) atoms. The number of aliphatic hydroxyl groups is 1. The molecular formula is C30H32O4S. The lowest BCUT2D eigenvalue weighted by atomic mass is 9.78.